The lowest BCUT2D eigenvalue weighted by Crippen LogP contribution is -2.51. The van der Waals surface area contributed by atoms with E-state index in [4.69, 9.17) is 18.9 Å². The Hall–Kier alpha value is 0.320. The zero-order chi connectivity index (χ0) is 12.5. The van der Waals surface area contributed by atoms with Crippen LogP contribution in [0.5, 0.6) is 0 Å². The minimum Gasteiger partial charge on any atom is -0.385 e. The molecule has 1 saturated carbocycles. The topological polar surface area (TPSA) is 36.9 Å². The fourth-order valence-electron chi connectivity index (χ4n) is 1.76. The van der Waals surface area contributed by atoms with Gasteiger partial charge in [0.05, 0.1) is 25.4 Å². The zero-order valence-corrected chi connectivity index (χ0v) is 12.3. The number of hydrogen-bond acceptors (Lipinski definition) is 4. The standard InChI is InChI=1S/C12H23BrO4/c1-3-16-12-10(13)9-11(12)17-8-7-15-6-4-5-14-2/h10-12H,3-9H2,1-2H3. The summed E-state index contributed by atoms with van der Waals surface area (Å²) in [6.07, 6.45) is 2.38. The van der Waals surface area contributed by atoms with Crippen LogP contribution in [0.25, 0.3) is 0 Å². The van der Waals surface area contributed by atoms with Gasteiger partial charge in [-0.1, -0.05) is 15.9 Å². The van der Waals surface area contributed by atoms with Gasteiger partial charge in [-0.15, -0.1) is 0 Å². The summed E-state index contributed by atoms with van der Waals surface area (Å²) in [4.78, 5) is 0.440. The Labute approximate surface area is 112 Å². The summed E-state index contributed by atoms with van der Waals surface area (Å²) in [5.41, 5.74) is 0. The molecular weight excluding hydrogens is 288 g/mol. The molecule has 0 spiro atoms. The molecule has 0 amide bonds. The third-order valence-corrected chi connectivity index (χ3v) is 3.63. The number of ether oxygens (including phenoxy) is 4. The molecule has 1 rings (SSSR count). The van der Waals surface area contributed by atoms with Gasteiger partial charge >= 0.3 is 0 Å². The van der Waals surface area contributed by atoms with E-state index in [0.29, 0.717) is 18.0 Å². The average Bonchev–Trinajstić information content (AvgIpc) is 2.33. The highest BCUT2D eigenvalue weighted by Crippen LogP contribution is 2.33. The molecule has 0 aliphatic heterocycles. The van der Waals surface area contributed by atoms with Crippen molar-refractivity contribution in [1.29, 1.82) is 0 Å². The fourth-order valence-corrected chi connectivity index (χ4v) is 2.62. The summed E-state index contributed by atoms with van der Waals surface area (Å²) in [5.74, 6) is 0. The Kier molecular flexibility index (Phi) is 8.39. The smallest absolute Gasteiger partial charge is 0.0962 e. The van der Waals surface area contributed by atoms with Crippen LogP contribution in [0, 0.1) is 0 Å². The van der Waals surface area contributed by atoms with E-state index >= 15 is 0 Å². The SMILES string of the molecule is CCOC1C(Br)CC1OCCOCCCOC. The minimum absolute atomic E-state index is 0.202. The van der Waals surface area contributed by atoms with Gasteiger partial charge < -0.3 is 18.9 Å². The number of alkyl halides is 1. The Balaban J connectivity index is 1.92. The van der Waals surface area contributed by atoms with Crippen LogP contribution in [0.3, 0.4) is 0 Å². The predicted octanol–water partition coefficient (Wildman–Crippen LogP) is 2.00. The van der Waals surface area contributed by atoms with E-state index in [1.165, 1.54) is 0 Å². The van der Waals surface area contributed by atoms with Gasteiger partial charge in [0.25, 0.3) is 0 Å². The van der Waals surface area contributed by atoms with Crippen molar-refractivity contribution in [3.63, 3.8) is 0 Å². The Bertz CT molecular complexity index is 191. The van der Waals surface area contributed by atoms with Crippen molar-refractivity contribution in [3.05, 3.63) is 0 Å². The van der Waals surface area contributed by atoms with Gasteiger partial charge in [0.1, 0.15) is 0 Å². The normalized spacial score (nSPS) is 28.1. The quantitative estimate of drug-likeness (QED) is 0.457. The van der Waals surface area contributed by atoms with Crippen LogP contribution in [0.4, 0.5) is 0 Å². The van der Waals surface area contributed by atoms with Gasteiger partial charge in [0, 0.05) is 31.8 Å². The van der Waals surface area contributed by atoms with Crippen LogP contribution in [0.15, 0.2) is 0 Å². The second kappa shape index (κ2) is 9.28. The number of methoxy groups -OCH3 is 1. The van der Waals surface area contributed by atoms with E-state index in [1.807, 2.05) is 6.92 Å². The van der Waals surface area contributed by atoms with Gasteiger partial charge in [-0.25, -0.2) is 0 Å². The summed E-state index contributed by atoms with van der Waals surface area (Å²) >= 11 is 3.57. The summed E-state index contributed by atoms with van der Waals surface area (Å²) in [6, 6.07) is 0. The maximum Gasteiger partial charge on any atom is 0.0962 e. The largest absolute Gasteiger partial charge is 0.385 e. The van der Waals surface area contributed by atoms with E-state index in [2.05, 4.69) is 15.9 Å². The lowest BCUT2D eigenvalue weighted by molar-refractivity contribution is -0.126. The molecule has 0 bridgehead atoms. The average molecular weight is 311 g/mol. The molecular formula is C12H23BrO4. The molecule has 0 aromatic heterocycles. The first-order valence-electron chi connectivity index (χ1n) is 6.23. The molecule has 3 unspecified atom stereocenters. The maximum absolute atomic E-state index is 5.71. The summed E-state index contributed by atoms with van der Waals surface area (Å²) in [5, 5.41) is 0. The van der Waals surface area contributed by atoms with Crippen LogP contribution in [-0.4, -0.2) is 57.2 Å². The van der Waals surface area contributed by atoms with E-state index < -0.39 is 0 Å². The Morgan fingerprint density at radius 3 is 2.59 bits per heavy atom. The van der Waals surface area contributed by atoms with Crippen molar-refractivity contribution < 1.29 is 18.9 Å². The molecule has 1 aliphatic carbocycles. The molecule has 1 fully saturated rings. The molecule has 0 heterocycles. The van der Waals surface area contributed by atoms with Crippen molar-refractivity contribution >= 4 is 15.9 Å². The molecule has 0 aromatic rings. The first kappa shape index (κ1) is 15.4. The van der Waals surface area contributed by atoms with Crippen LogP contribution in [0.1, 0.15) is 19.8 Å². The van der Waals surface area contributed by atoms with Crippen molar-refractivity contribution in [2.75, 3.05) is 40.1 Å². The van der Waals surface area contributed by atoms with Gasteiger partial charge in [-0.2, -0.15) is 0 Å². The lowest BCUT2D eigenvalue weighted by atomic mass is 9.91. The second-order valence-electron chi connectivity index (χ2n) is 4.04. The molecule has 1 aliphatic rings. The van der Waals surface area contributed by atoms with Crippen molar-refractivity contribution in [2.24, 2.45) is 0 Å². The summed E-state index contributed by atoms with van der Waals surface area (Å²) in [7, 11) is 1.70. The van der Waals surface area contributed by atoms with Crippen molar-refractivity contribution in [2.45, 2.75) is 36.8 Å². The highest BCUT2D eigenvalue weighted by Gasteiger charge is 2.40. The van der Waals surface area contributed by atoms with Gasteiger partial charge in [0.2, 0.25) is 0 Å². The van der Waals surface area contributed by atoms with E-state index in [9.17, 15) is 0 Å². The lowest BCUT2D eigenvalue weighted by Gasteiger charge is -2.40. The molecule has 0 N–H and O–H groups in total. The third kappa shape index (κ3) is 5.66. The van der Waals surface area contributed by atoms with Gasteiger partial charge in [0.15, 0.2) is 0 Å². The molecule has 17 heavy (non-hydrogen) atoms. The third-order valence-electron chi connectivity index (χ3n) is 2.74. The van der Waals surface area contributed by atoms with E-state index in [0.717, 1.165) is 32.7 Å². The number of hydrogen-bond donors (Lipinski definition) is 0. The highest BCUT2D eigenvalue weighted by molar-refractivity contribution is 9.09. The van der Waals surface area contributed by atoms with Crippen LogP contribution in [0.2, 0.25) is 0 Å². The molecule has 0 aromatic carbocycles. The van der Waals surface area contributed by atoms with E-state index in [1.54, 1.807) is 7.11 Å². The van der Waals surface area contributed by atoms with Crippen molar-refractivity contribution in [3.8, 4) is 0 Å². The zero-order valence-electron chi connectivity index (χ0n) is 10.7. The Morgan fingerprint density at radius 1 is 1.12 bits per heavy atom. The Morgan fingerprint density at radius 2 is 1.94 bits per heavy atom. The molecule has 4 nitrogen and oxygen atoms in total. The monoisotopic (exact) mass is 310 g/mol. The first-order valence-corrected chi connectivity index (χ1v) is 7.15. The van der Waals surface area contributed by atoms with Gasteiger partial charge in [-0.05, 0) is 19.8 Å². The minimum atomic E-state index is 0.202. The maximum atomic E-state index is 5.71. The fraction of sp³-hybridized carbons (Fsp3) is 1.00. The molecule has 102 valence electrons. The van der Waals surface area contributed by atoms with E-state index in [-0.39, 0.29) is 12.2 Å². The molecule has 0 saturated heterocycles. The van der Waals surface area contributed by atoms with Crippen LogP contribution in [-0.2, 0) is 18.9 Å². The first-order chi connectivity index (χ1) is 8.29. The van der Waals surface area contributed by atoms with Crippen LogP contribution < -0.4 is 0 Å². The summed E-state index contributed by atoms with van der Waals surface area (Å²) in [6.45, 7) is 5.51. The number of halogens is 1. The number of rotatable bonds is 10. The van der Waals surface area contributed by atoms with Crippen molar-refractivity contribution in [1.82, 2.24) is 0 Å². The highest BCUT2D eigenvalue weighted by atomic mass is 79.9. The molecule has 0 radical (unpaired) electrons. The molecule has 5 heteroatoms. The predicted molar refractivity (Wildman–Crippen MR) is 69.8 cm³/mol. The summed E-state index contributed by atoms with van der Waals surface area (Å²) < 4.78 is 21.6. The second-order valence-corrected chi connectivity index (χ2v) is 5.22. The molecule has 3 atom stereocenters. The van der Waals surface area contributed by atoms with Gasteiger partial charge in [-0.3, -0.25) is 0 Å². The van der Waals surface area contributed by atoms with Crippen LogP contribution >= 0.6 is 15.9 Å².